The highest BCUT2D eigenvalue weighted by molar-refractivity contribution is 5.29. The van der Waals surface area contributed by atoms with Gasteiger partial charge in [-0.2, -0.15) is 0 Å². The van der Waals surface area contributed by atoms with E-state index in [0.717, 1.165) is 37.7 Å². The third kappa shape index (κ3) is 9.50. The predicted molar refractivity (Wildman–Crippen MR) is 120 cm³/mol. The van der Waals surface area contributed by atoms with Gasteiger partial charge in [-0.1, -0.05) is 78.4 Å². The molecule has 0 aliphatic rings. The van der Waals surface area contributed by atoms with Gasteiger partial charge in [0.1, 0.15) is 5.75 Å². The fourth-order valence-electron chi connectivity index (χ4n) is 3.54. The molecule has 29 heavy (non-hydrogen) atoms. The van der Waals surface area contributed by atoms with Crippen molar-refractivity contribution in [3.63, 3.8) is 0 Å². The molecule has 168 valence electrons. The summed E-state index contributed by atoms with van der Waals surface area (Å²) in [6.07, 6.45) is 11.1. The molecule has 0 spiro atoms. The van der Waals surface area contributed by atoms with Crippen LogP contribution in [0, 0.1) is 0 Å². The van der Waals surface area contributed by atoms with Crippen LogP contribution in [-0.4, -0.2) is 30.9 Å². The van der Waals surface area contributed by atoms with Crippen molar-refractivity contribution >= 4 is 0 Å². The van der Waals surface area contributed by atoms with E-state index in [1.165, 1.54) is 32.1 Å². The molecule has 0 aromatic heterocycles. The Morgan fingerprint density at radius 3 is 1.66 bits per heavy atom. The maximum Gasteiger partial charge on any atom is 0.290 e. The topological polar surface area (TPSA) is 47.9 Å². The zero-order valence-corrected chi connectivity index (χ0v) is 19.3. The monoisotopic (exact) mass is 408 g/mol. The number of phenolic OH excluding ortho intramolecular Hbond substituents is 1. The molecule has 1 atom stereocenters. The maximum atomic E-state index is 9.77. The first kappa shape index (κ1) is 25.9. The number of rotatable bonds is 18. The molecule has 0 amide bonds. The van der Waals surface area contributed by atoms with E-state index < -0.39 is 5.97 Å². The van der Waals surface area contributed by atoms with E-state index >= 15 is 0 Å². The molecule has 0 radical (unpaired) electrons. The van der Waals surface area contributed by atoms with Gasteiger partial charge in [0.05, 0.1) is 25.7 Å². The molecule has 0 saturated carbocycles. The van der Waals surface area contributed by atoms with Crippen LogP contribution < -0.4 is 0 Å². The molecule has 4 heteroatoms. The summed E-state index contributed by atoms with van der Waals surface area (Å²) in [5, 5.41) is 9.77. The Bertz CT molecular complexity index is 478. The van der Waals surface area contributed by atoms with Crippen molar-refractivity contribution in [3.05, 3.63) is 29.8 Å². The van der Waals surface area contributed by atoms with Crippen LogP contribution in [0.15, 0.2) is 24.3 Å². The van der Waals surface area contributed by atoms with Crippen molar-refractivity contribution in [2.75, 3.05) is 19.8 Å². The number of phenols is 1. The first-order valence-electron chi connectivity index (χ1n) is 11.8. The molecule has 1 unspecified atom stereocenters. The number of unbranched alkanes of at least 4 members (excludes halogenated alkanes) is 5. The lowest BCUT2D eigenvalue weighted by molar-refractivity contribution is -0.392. The molecule has 0 fully saturated rings. The lowest BCUT2D eigenvalue weighted by Crippen LogP contribution is -2.46. The second-order valence-corrected chi connectivity index (χ2v) is 7.85. The standard InChI is InChI=1S/C25H44O4/c1-5-9-10-11-12-13-14-24(22-15-17-23(26)18-16-22)25(27-19-6-2,28-20-7-3)29-21-8-4/h15-18,24,26H,5-14,19-21H2,1-4H3. The summed E-state index contributed by atoms with van der Waals surface area (Å²) in [7, 11) is 0. The van der Waals surface area contributed by atoms with Crippen molar-refractivity contribution < 1.29 is 19.3 Å². The van der Waals surface area contributed by atoms with Crippen LogP contribution >= 0.6 is 0 Å². The summed E-state index contributed by atoms with van der Waals surface area (Å²) in [6.45, 7) is 10.3. The molecule has 1 N–H and O–H groups in total. The van der Waals surface area contributed by atoms with Gasteiger partial charge in [0.2, 0.25) is 0 Å². The zero-order chi connectivity index (χ0) is 21.4. The van der Waals surface area contributed by atoms with E-state index in [-0.39, 0.29) is 11.7 Å². The first-order chi connectivity index (χ1) is 14.1. The fraction of sp³-hybridized carbons (Fsp3) is 0.760. The molecule has 1 aromatic rings. The number of hydrogen-bond donors (Lipinski definition) is 1. The average Bonchev–Trinajstić information content (AvgIpc) is 2.74. The van der Waals surface area contributed by atoms with Gasteiger partial charge in [0, 0.05) is 0 Å². The van der Waals surface area contributed by atoms with Crippen LogP contribution in [0.2, 0.25) is 0 Å². The highest BCUT2D eigenvalue weighted by atomic mass is 16.9. The van der Waals surface area contributed by atoms with E-state index in [9.17, 15) is 5.11 Å². The highest BCUT2D eigenvalue weighted by Gasteiger charge is 2.43. The molecule has 0 saturated heterocycles. The van der Waals surface area contributed by atoms with E-state index in [0.29, 0.717) is 19.8 Å². The summed E-state index contributed by atoms with van der Waals surface area (Å²) < 4.78 is 19.0. The van der Waals surface area contributed by atoms with E-state index in [1.807, 2.05) is 12.1 Å². The zero-order valence-electron chi connectivity index (χ0n) is 19.3. The fourth-order valence-corrected chi connectivity index (χ4v) is 3.54. The van der Waals surface area contributed by atoms with Gasteiger partial charge in [-0.25, -0.2) is 0 Å². The third-order valence-electron chi connectivity index (χ3n) is 5.09. The second-order valence-electron chi connectivity index (χ2n) is 7.85. The molecule has 0 aliphatic carbocycles. The van der Waals surface area contributed by atoms with Crippen LogP contribution in [0.3, 0.4) is 0 Å². The normalized spacial score (nSPS) is 13.0. The Balaban J connectivity index is 3.08. The number of aromatic hydroxyl groups is 1. The van der Waals surface area contributed by atoms with Gasteiger partial charge in [-0.15, -0.1) is 0 Å². The van der Waals surface area contributed by atoms with Gasteiger partial charge >= 0.3 is 0 Å². The van der Waals surface area contributed by atoms with Gasteiger partial charge < -0.3 is 19.3 Å². The SMILES string of the molecule is CCCCCCCCC(c1ccc(O)cc1)C(OCCC)(OCCC)OCCC. The quantitative estimate of drug-likeness (QED) is 0.207. The average molecular weight is 409 g/mol. The van der Waals surface area contributed by atoms with E-state index in [4.69, 9.17) is 14.2 Å². The minimum absolute atomic E-state index is 0.0288. The Morgan fingerprint density at radius 1 is 0.690 bits per heavy atom. The number of hydrogen-bond acceptors (Lipinski definition) is 4. The minimum atomic E-state index is -1.07. The lowest BCUT2D eigenvalue weighted by Gasteiger charge is -2.40. The number of ether oxygens (including phenoxy) is 3. The Morgan fingerprint density at radius 2 is 1.17 bits per heavy atom. The molecule has 4 nitrogen and oxygen atoms in total. The molecule has 0 bridgehead atoms. The highest BCUT2D eigenvalue weighted by Crippen LogP contribution is 2.39. The predicted octanol–water partition coefficient (Wildman–Crippen LogP) is 7.16. The summed E-state index contributed by atoms with van der Waals surface area (Å²) in [5.74, 6) is -0.822. The molecular weight excluding hydrogens is 364 g/mol. The van der Waals surface area contributed by atoms with Crippen molar-refractivity contribution in [1.82, 2.24) is 0 Å². The van der Waals surface area contributed by atoms with Crippen LogP contribution in [-0.2, 0) is 14.2 Å². The second kappa shape index (κ2) is 15.7. The summed E-state index contributed by atoms with van der Waals surface area (Å²) in [6, 6.07) is 7.44. The van der Waals surface area contributed by atoms with Crippen molar-refractivity contribution in [1.29, 1.82) is 0 Å². The van der Waals surface area contributed by atoms with E-state index in [1.54, 1.807) is 12.1 Å². The molecule has 1 aromatic carbocycles. The summed E-state index contributed by atoms with van der Waals surface area (Å²) in [4.78, 5) is 0. The van der Waals surface area contributed by atoms with Crippen LogP contribution in [0.1, 0.15) is 103 Å². The molecular formula is C25H44O4. The van der Waals surface area contributed by atoms with Crippen molar-refractivity contribution in [3.8, 4) is 5.75 Å². The Hall–Kier alpha value is -1.10. The van der Waals surface area contributed by atoms with Gasteiger partial charge in [-0.05, 0) is 43.4 Å². The lowest BCUT2D eigenvalue weighted by atomic mass is 9.90. The molecule has 0 aliphatic heterocycles. The molecule has 1 rings (SSSR count). The summed E-state index contributed by atoms with van der Waals surface area (Å²) in [5.41, 5.74) is 1.10. The van der Waals surface area contributed by atoms with Gasteiger partial charge in [0.15, 0.2) is 0 Å². The minimum Gasteiger partial charge on any atom is -0.508 e. The van der Waals surface area contributed by atoms with Crippen LogP contribution in [0.4, 0.5) is 0 Å². The Labute approximate surface area is 179 Å². The maximum absolute atomic E-state index is 9.77. The number of benzene rings is 1. The smallest absolute Gasteiger partial charge is 0.290 e. The first-order valence-corrected chi connectivity index (χ1v) is 11.8. The third-order valence-corrected chi connectivity index (χ3v) is 5.09. The van der Waals surface area contributed by atoms with E-state index in [2.05, 4.69) is 27.7 Å². The van der Waals surface area contributed by atoms with Crippen molar-refractivity contribution in [2.24, 2.45) is 0 Å². The van der Waals surface area contributed by atoms with Gasteiger partial charge in [-0.3, -0.25) is 0 Å². The largest absolute Gasteiger partial charge is 0.508 e. The molecule has 0 heterocycles. The van der Waals surface area contributed by atoms with Crippen LogP contribution in [0.25, 0.3) is 0 Å². The Kier molecular flexibility index (Phi) is 14.0. The summed E-state index contributed by atoms with van der Waals surface area (Å²) >= 11 is 0. The van der Waals surface area contributed by atoms with Gasteiger partial charge in [0.25, 0.3) is 5.97 Å². The van der Waals surface area contributed by atoms with Crippen molar-refractivity contribution in [2.45, 2.75) is 104 Å². The van der Waals surface area contributed by atoms with Crippen LogP contribution in [0.5, 0.6) is 5.75 Å².